The fraction of sp³-hybridized carbons (Fsp3) is 0.692. The molecule has 0 spiro atoms. The van der Waals surface area contributed by atoms with Gasteiger partial charge in [-0.05, 0) is 34.6 Å². The lowest BCUT2D eigenvalue weighted by Crippen LogP contribution is -2.36. The van der Waals surface area contributed by atoms with Gasteiger partial charge < -0.3 is 16.0 Å². The van der Waals surface area contributed by atoms with Gasteiger partial charge in [-0.3, -0.25) is 0 Å². The van der Waals surface area contributed by atoms with Crippen molar-refractivity contribution >= 4 is 11.6 Å². The number of likely N-dealkylation sites (N-methyl/N-ethyl adjacent to an activating group) is 1. The van der Waals surface area contributed by atoms with Gasteiger partial charge in [0.1, 0.15) is 17.5 Å². The van der Waals surface area contributed by atoms with Crippen LogP contribution in [0.2, 0.25) is 0 Å². The van der Waals surface area contributed by atoms with Crippen molar-refractivity contribution in [2.45, 2.75) is 46.2 Å². The highest BCUT2D eigenvalue weighted by Gasteiger charge is 2.15. The fourth-order valence-electron chi connectivity index (χ4n) is 1.56. The zero-order valence-corrected chi connectivity index (χ0v) is 12.3. The Hall–Kier alpha value is -1.36. The lowest BCUT2D eigenvalue weighted by atomic mass is 10.1. The zero-order valence-electron chi connectivity index (χ0n) is 12.3. The van der Waals surface area contributed by atoms with Crippen molar-refractivity contribution in [2.75, 3.05) is 23.8 Å². The molecule has 5 nitrogen and oxygen atoms in total. The van der Waals surface area contributed by atoms with Gasteiger partial charge in [0, 0.05) is 31.2 Å². The third-order valence-electron chi connectivity index (χ3n) is 2.69. The van der Waals surface area contributed by atoms with Gasteiger partial charge in [-0.1, -0.05) is 0 Å². The van der Waals surface area contributed by atoms with Crippen molar-refractivity contribution in [1.29, 1.82) is 0 Å². The van der Waals surface area contributed by atoms with E-state index in [1.54, 1.807) is 0 Å². The number of rotatable bonds is 4. The van der Waals surface area contributed by atoms with E-state index in [2.05, 4.69) is 47.9 Å². The number of nitrogens with zero attached hydrogens (tertiary/aromatic N) is 3. The van der Waals surface area contributed by atoms with Crippen LogP contribution in [0.1, 0.15) is 33.5 Å². The molecule has 0 saturated carbocycles. The maximum Gasteiger partial charge on any atom is 0.134 e. The first kappa shape index (κ1) is 14.7. The Balaban J connectivity index is 3.01. The van der Waals surface area contributed by atoms with Crippen LogP contribution in [0.3, 0.4) is 0 Å². The zero-order chi connectivity index (χ0) is 13.9. The van der Waals surface area contributed by atoms with Crippen LogP contribution < -0.4 is 16.0 Å². The van der Waals surface area contributed by atoms with Crippen LogP contribution in [-0.4, -0.2) is 35.1 Å². The molecular weight excluding hydrogens is 226 g/mol. The molecule has 1 rings (SSSR count). The molecule has 102 valence electrons. The van der Waals surface area contributed by atoms with E-state index >= 15 is 0 Å². The minimum atomic E-state index is -0.0177. The lowest BCUT2D eigenvalue weighted by molar-refractivity contribution is 0.628. The average Bonchev–Trinajstić information content (AvgIpc) is 2.23. The Kier molecular flexibility index (Phi) is 4.51. The molecule has 1 aromatic heterocycles. The van der Waals surface area contributed by atoms with Gasteiger partial charge in [0.15, 0.2) is 0 Å². The molecule has 1 aromatic rings. The Labute approximate surface area is 110 Å². The summed E-state index contributed by atoms with van der Waals surface area (Å²) < 4.78 is 0. The maximum absolute atomic E-state index is 5.69. The van der Waals surface area contributed by atoms with Crippen LogP contribution >= 0.6 is 0 Å². The molecule has 0 aliphatic carbocycles. The molecule has 0 aliphatic heterocycles. The first-order valence-electron chi connectivity index (χ1n) is 6.29. The summed E-state index contributed by atoms with van der Waals surface area (Å²) in [6.45, 7) is 10.9. The molecule has 1 unspecified atom stereocenters. The number of aryl methyl sites for hydroxylation is 1. The number of nitrogens with two attached hydrogens (primary N) is 1. The first-order valence-corrected chi connectivity index (χ1v) is 6.29. The molecule has 3 N–H and O–H groups in total. The number of hydrogen-bond acceptors (Lipinski definition) is 5. The molecule has 0 aromatic carbocycles. The third-order valence-corrected chi connectivity index (χ3v) is 2.69. The van der Waals surface area contributed by atoms with E-state index in [-0.39, 0.29) is 11.6 Å². The van der Waals surface area contributed by atoms with Crippen molar-refractivity contribution in [2.24, 2.45) is 5.73 Å². The second-order valence-electron chi connectivity index (χ2n) is 5.73. The highest BCUT2D eigenvalue weighted by atomic mass is 15.2. The number of anilines is 2. The van der Waals surface area contributed by atoms with Crippen LogP contribution in [0.5, 0.6) is 0 Å². The van der Waals surface area contributed by atoms with Gasteiger partial charge in [0.2, 0.25) is 0 Å². The molecule has 1 heterocycles. The summed E-state index contributed by atoms with van der Waals surface area (Å²) in [5.41, 5.74) is 5.67. The van der Waals surface area contributed by atoms with Crippen molar-refractivity contribution < 1.29 is 0 Å². The van der Waals surface area contributed by atoms with E-state index in [0.29, 0.717) is 6.54 Å². The Morgan fingerprint density at radius 2 is 2.00 bits per heavy atom. The van der Waals surface area contributed by atoms with E-state index in [4.69, 9.17) is 5.73 Å². The highest BCUT2D eigenvalue weighted by Crippen LogP contribution is 2.19. The van der Waals surface area contributed by atoms with Crippen LogP contribution in [0.4, 0.5) is 11.6 Å². The van der Waals surface area contributed by atoms with Crippen molar-refractivity contribution in [3.8, 4) is 0 Å². The first-order chi connectivity index (χ1) is 8.23. The van der Waals surface area contributed by atoms with Gasteiger partial charge in [0.25, 0.3) is 0 Å². The van der Waals surface area contributed by atoms with E-state index in [1.807, 2.05) is 20.0 Å². The molecule has 1 atom stereocenters. The quantitative estimate of drug-likeness (QED) is 0.854. The van der Waals surface area contributed by atoms with E-state index in [0.717, 1.165) is 17.5 Å². The Morgan fingerprint density at radius 3 is 2.50 bits per heavy atom. The Bertz CT molecular complexity index is 397. The number of aromatic nitrogens is 2. The predicted molar refractivity (Wildman–Crippen MR) is 77.1 cm³/mol. The summed E-state index contributed by atoms with van der Waals surface area (Å²) in [5.74, 6) is 2.50. The monoisotopic (exact) mass is 251 g/mol. The fourth-order valence-corrected chi connectivity index (χ4v) is 1.56. The lowest BCUT2D eigenvalue weighted by Gasteiger charge is -2.27. The van der Waals surface area contributed by atoms with Gasteiger partial charge in [-0.15, -0.1) is 0 Å². The summed E-state index contributed by atoms with van der Waals surface area (Å²) in [6.07, 6.45) is 0. The van der Waals surface area contributed by atoms with Gasteiger partial charge in [-0.2, -0.15) is 0 Å². The molecular formula is C13H25N5. The molecule has 18 heavy (non-hydrogen) atoms. The summed E-state index contributed by atoms with van der Waals surface area (Å²) in [5, 5.41) is 3.37. The average molecular weight is 251 g/mol. The van der Waals surface area contributed by atoms with Crippen molar-refractivity contribution in [3.05, 3.63) is 11.9 Å². The number of nitrogens with one attached hydrogen (secondary N) is 1. The predicted octanol–water partition coefficient (Wildman–Crippen LogP) is 1.78. The Morgan fingerprint density at radius 1 is 1.39 bits per heavy atom. The van der Waals surface area contributed by atoms with Crippen LogP contribution in [0, 0.1) is 6.92 Å². The van der Waals surface area contributed by atoms with Gasteiger partial charge in [0.05, 0.1) is 0 Å². The summed E-state index contributed by atoms with van der Waals surface area (Å²) in [6, 6.07) is 2.21. The maximum atomic E-state index is 5.69. The minimum Gasteiger partial charge on any atom is -0.365 e. The SMILES string of the molecule is Cc1nc(NC(C)(C)C)cc(N(C)C(C)CN)n1. The molecule has 0 radical (unpaired) electrons. The topological polar surface area (TPSA) is 67.1 Å². The second-order valence-corrected chi connectivity index (χ2v) is 5.73. The molecule has 0 saturated heterocycles. The summed E-state index contributed by atoms with van der Waals surface area (Å²) >= 11 is 0. The van der Waals surface area contributed by atoms with E-state index in [9.17, 15) is 0 Å². The summed E-state index contributed by atoms with van der Waals surface area (Å²) in [7, 11) is 2.00. The minimum absolute atomic E-state index is 0.0177. The van der Waals surface area contributed by atoms with E-state index < -0.39 is 0 Å². The third kappa shape index (κ3) is 4.14. The van der Waals surface area contributed by atoms with Crippen LogP contribution in [0.15, 0.2) is 6.07 Å². The van der Waals surface area contributed by atoms with Gasteiger partial charge >= 0.3 is 0 Å². The van der Waals surface area contributed by atoms with Crippen molar-refractivity contribution in [1.82, 2.24) is 9.97 Å². The van der Waals surface area contributed by atoms with Crippen LogP contribution in [0.25, 0.3) is 0 Å². The van der Waals surface area contributed by atoms with Gasteiger partial charge in [-0.25, -0.2) is 9.97 Å². The smallest absolute Gasteiger partial charge is 0.134 e. The standard InChI is InChI=1S/C13H25N5/c1-9(8-14)18(6)12-7-11(15-10(2)16-12)17-13(3,4)5/h7,9H,8,14H2,1-6H3,(H,15,16,17). The molecule has 0 bridgehead atoms. The molecule has 0 aliphatic rings. The highest BCUT2D eigenvalue weighted by molar-refractivity contribution is 5.50. The molecule has 0 amide bonds. The normalized spacial score (nSPS) is 13.3. The van der Waals surface area contributed by atoms with Crippen molar-refractivity contribution in [3.63, 3.8) is 0 Å². The van der Waals surface area contributed by atoms with E-state index in [1.165, 1.54) is 0 Å². The summed E-state index contributed by atoms with van der Waals surface area (Å²) in [4.78, 5) is 10.9. The largest absolute Gasteiger partial charge is 0.365 e. The van der Waals surface area contributed by atoms with Crippen LogP contribution in [-0.2, 0) is 0 Å². The molecule has 5 heteroatoms. The second kappa shape index (κ2) is 5.52. The number of hydrogen-bond donors (Lipinski definition) is 2. The molecule has 0 fully saturated rings.